The van der Waals surface area contributed by atoms with E-state index in [-0.39, 0.29) is 35.8 Å². The summed E-state index contributed by atoms with van der Waals surface area (Å²) in [5.41, 5.74) is 1.66. The smallest absolute Gasteiger partial charge is 0.309 e. The van der Waals surface area contributed by atoms with Gasteiger partial charge < -0.3 is 19.7 Å². The molecular weight excluding hydrogens is 360 g/mol. The quantitative estimate of drug-likeness (QED) is 0.643. The first-order valence-corrected chi connectivity index (χ1v) is 9.13. The molecule has 0 bridgehead atoms. The topological polar surface area (TPSA) is 93.1 Å². The summed E-state index contributed by atoms with van der Waals surface area (Å²) in [5, 5.41) is 19.5. The highest BCUT2D eigenvalue weighted by molar-refractivity contribution is 5.73. The van der Waals surface area contributed by atoms with Crippen molar-refractivity contribution in [3.05, 3.63) is 59.7 Å². The number of hydrogen-bond donors (Lipinski definition) is 2. The van der Waals surface area contributed by atoms with Crippen LogP contribution in [0.5, 0.6) is 11.5 Å². The van der Waals surface area contributed by atoms with E-state index in [0.717, 1.165) is 11.1 Å². The molecule has 0 aromatic heterocycles. The fourth-order valence-electron chi connectivity index (χ4n) is 3.37. The zero-order valence-corrected chi connectivity index (χ0v) is 16.1. The summed E-state index contributed by atoms with van der Waals surface area (Å²) in [5.74, 6) is -1.18. The summed E-state index contributed by atoms with van der Waals surface area (Å²) in [6, 6.07) is 13.6. The van der Waals surface area contributed by atoms with Crippen LogP contribution in [0.1, 0.15) is 24.0 Å². The van der Waals surface area contributed by atoms with Crippen molar-refractivity contribution < 1.29 is 29.3 Å². The fourth-order valence-corrected chi connectivity index (χ4v) is 3.37. The van der Waals surface area contributed by atoms with E-state index in [9.17, 15) is 19.8 Å². The Kier molecular flexibility index (Phi) is 7.87. The van der Waals surface area contributed by atoms with Crippen LogP contribution in [0, 0.1) is 11.8 Å². The fraction of sp³-hybridized carbons (Fsp3) is 0.364. The van der Waals surface area contributed by atoms with Crippen LogP contribution in [0.4, 0.5) is 0 Å². The Bertz CT molecular complexity index is 801. The lowest BCUT2D eigenvalue weighted by Gasteiger charge is -2.25. The minimum atomic E-state index is -0.515. The second kappa shape index (κ2) is 10.3. The van der Waals surface area contributed by atoms with Crippen LogP contribution in [0.2, 0.25) is 0 Å². The number of carbonyl (C=O) groups excluding carboxylic acids is 2. The van der Waals surface area contributed by atoms with Crippen LogP contribution in [-0.2, 0) is 31.9 Å². The molecule has 2 aromatic rings. The number of phenolic OH excluding ortho intramolecular Hbond substituents is 2. The van der Waals surface area contributed by atoms with Gasteiger partial charge in [-0.3, -0.25) is 9.59 Å². The van der Waals surface area contributed by atoms with Gasteiger partial charge in [0.1, 0.15) is 11.5 Å². The standard InChI is InChI=1S/C22H26O6/c1-27-21(25)10-9-17(11-15-5-3-7-18(23)12-15)20(22(26)28-2)14-16-6-4-8-19(24)13-16/h3-8,12-13,17,20,23-24H,9-11,14H2,1-2H3/t17-,20-/m0/s1. The number of carbonyl (C=O) groups is 2. The number of ether oxygens (including phenoxy) is 2. The summed E-state index contributed by atoms with van der Waals surface area (Å²) in [6.07, 6.45) is 1.46. The number of methoxy groups -OCH3 is 2. The SMILES string of the molecule is COC(=O)CC[C@@H](Cc1cccc(O)c1)[C@H](Cc1cccc(O)c1)C(=O)OC. The summed E-state index contributed by atoms with van der Waals surface area (Å²) in [7, 11) is 2.67. The zero-order valence-electron chi connectivity index (χ0n) is 16.1. The van der Waals surface area contributed by atoms with Crippen molar-refractivity contribution >= 4 is 11.9 Å². The number of esters is 2. The Labute approximate surface area is 164 Å². The summed E-state index contributed by atoms with van der Waals surface area (Å²) in [4.78, 5) is 24.2. The van der Waals surface area contributed by atoms with Crippen molar-refractivity contribution in [3.63, 3.8) is 0 Å². The molecule has 0 unspecified atom stereocenters. The average Bonchev–Trinajstić information content (AvgIpc) is 2.68. The molecule has 150 valence electrons. The highest BCUT2D eigenvalue weighted by Crippen LogP contribution is 2.29. The van der Waals surface area contributed by atoms with Crippen LogP contribution in [-0.4, -0.2) is 36.4 Å². The summed E-state index contributed by atoms with van der Waals surface area (Å²) < 4.78 is 9.77. The minimum Gasteiger partial charge on any atom is -0.508 e. The van der Waals surface area contributed by atoms with Crippen molar-refractivity contribution in [2.75, 3.05) is 14.2 Å². The monoisotopic (exact) mass is 386 g/mol. The molecule has 0 fully saturated rings. The second-order valence-electron chi connectivity index (χ2n) is 6.75. The lowest BCUT2D eigenvalue weighted by Crippen LogP contribution is -2.29. The predicted molar refractivity (Wildman–Crippen MR) is 104 cm³/mol. The van der Waals surface area contributed by atoms with Gasteiger partial charge in [-0.05, 0) is 60.6 Å². The number of phenols is 2. The van der Waals surface area contributed by atoms with Gasteiger partial charge in [0.15, 0.2) is 0 Å². The van der Waals surface area contributed by atoms with E-state index in [1.165, 1.54) is 14.2 Å². The van der Waals surface area contributed by atoms with Gasteiger partial charge in [0.25, 0.3) is 0 Å². The first-order valence-electron chi connectivity index (χ1n) is 9.13. The van der Waals surface area contributed by atoms with Gasteiger partial charge in [-0.1, -0.05) is 24.3 Å². The molecule has 0 aliphatic heterocycles. The third-order valence-electron chi connectivity index (χ3n) is 4.79. The normalized spacial score (nSPS) is 12.8. The molecule has 0 spiro atoms. The molecule has 2 aromatic carbocycles. The van der Waals surface area contributed by atoms with E-state index in [1.807, 2.05) is 12.1 Å². The van der Waals surface area contributed by atoms with E-state index in [4.69, 9.17) is 9.47 Å². The number of hydrogen-bond acceptors (Lipinski definition) is 6. The predicted octanol–water partition coefficient (Wildman–Crippen LogP) is 3.24. The molecule has 6 heteroatoms. The highest BCUT2D eigenvalue weighted by atomic mass is 16.5. The lowest BCUT2D eigenvalue weighted by atomic mass is 9.80. The third kappa shape index (κ3) is 6.30. The van der Waals surface area contributed by atoms with Gasteiger partial charge in [0.2, 0.25) is 0 Å². The molecule has 0 heterocycles. The molecule has 0 radical (unpaired) electrons. The van der Waals surface area contributed by atoms with E-state index in [0.29, 0.717) is 19.3 Å². The Balaban J connectivity index is 2.29. The average molecular weight is 386 g/mol. The summed E-state index contributed by atoms with van der Waals surface area (Å²) >= 11 is 0. The third-order valence-corrected chi connectivity index (χ3v) is 4.79. The maximum absolute atomic E-state index is 12.6. The van der Waals surface area contributed by atoms with Crippen LogP contribution < -0.4 is 0 Å². The molecule has 2 rings (SSSR count). The number of aromatic hydroxyl groups is 2. The Morgan fingerprint density at radius 2 is 1.46 bits per heavy atom. The van der Waals surface area contributed by atoms with Crippen molar-refractivity contribution in [3.8, 4) is 11.5 Å². The van der Waals surface area contributed by atoms with Crippen LogP contribution in [0.15, 0.2) is 48.5 Å². The molecule has 6 nitrogen and oxygen atoms in total. The van der Waals surface area contributed by atoms with Crippen LogP contribution >= 0.6 is 0 Å². The van der Waals surface area contributed by atoms with Crippen molar-refractivity contribution in [1.29, 1.82) is 0 Å². The molecule has 0 aliphatic carbocycles. The molecule has 0 aliphatic rings. The van der Waals surface area contributed by atoms with E-state index >= 15 is 0 Å². The first-order chi connectivity index (χ1) is 13.4. The lowest BCUT2D eigenvalue weighted by molar-refractivity contribution is -0.148. The number of benzene rings is 2. The van der Waals surface area contributed by atoms with Gasteiger partial charge in [0.05, 0.1) is 20.1 Å². The van der Waals surface area contributed by atoms with Crippen molar-refractivity contribution in [1.82, 2.24) is 0 Å². The van der Waals surface area contributed by atoms with Crippen LogP contribution in [0.3, 0.4) is 0 Å². The molecule has 28 heavy (non-hydrogen) atoms. The maximum Gasteiger partial charge on any atom is 0.309 e. The zero-order chi connectivity index (χ0) is 20.5. The van der Waals surface area contributed by atoms with Crippen LogP contribution in [0.25, 0.3) is 0 Å². The maximum atomic E-state index is 12.6. The van der Waals surface area contributed by atoms with Gasteiger partial charge in [-0.15, -0.1) is 0 Å². The molecule has 2 atom stereocenters. The van der Waals surface area contributed by atoms with Gasteiger partial charge >= 0.3 is 11.9 Å². The highest BCUT2D eigenvalue weighted by Gasteiger charge is 2.30. The molecular formula is C22H26O6. The largest absolute Gasteiger partial charge is 0.508 e. The van der Waals surface area contributed by atoms with Crippen molar-refractivity contribution in [2.45, 2.75) is 25.7 Å². The van der Waals surface area contributed by atoms with Gasteiger partial charge in [-0.25, -0.2) is 0 Å². The van der Waals surface area contributed by atoms with E-state index in [1.54, 1.807) is 36.4 Å². The first kappa shape index (κ1) is 21.3. The second-order valence-corrected chi connectivity index (χ2v) is 6.75. The van der Waals surface area contributed by atoms with E-state index < -0.39 is 5.92 Å². The van der Waals surface area contributed by atoms with E-state index in [2.05, 4.69) is 0 Å². The Hall–Kier alpha value is -3.02. The van der Waals surface area contributed by atoms with Crippen molar-refractivity contribution in [2.24, 2.45) is 11.8 Å². The van der Waals surface area contributed by atoms with Gasteiger partial charge in [0, 0.05) is 6.42 Å². The number of rotatable bonds is 9. The molecule has 0 saturated heterocycles. The summed E-state index contributed by atoms with van der Waals surface area (Å²) in [6.45, 7) is 0. The molecule has 2 N–H and O–H groups in total. The molecule has 0 saturated carbocycles. The molecule has 0 amide bonds. The Morgan fingerprint density at radius 1 is 0.893 bits per heavy atom. The van der Waals surface area contributed by atoms with Gasteiger partial charge in [-0.2, -0.15) is 0 Å². The minimum absolute atomic E-state index is 0.125. The Morgan fingerprint density at radius 3 is 1.96 bits per heavy atom.